The van der Waals surface area contributed by atoms with E-state index < -0.39 is 12.5 Å². The summed E-state index contributed by atoms with van der Waals surface area (Å²) in [5.74, 6) is 0. The first-order valence-electron chi connectivity index (χ1n) is 4.48. The molecule has 0 aromatic heterocycles. The molecule has 0 fully saturated rings. The summed E-state index contributed by atoms with van der Waals surface area (Å²) in [6.07, 6.45) is 2.55. The maximum Gasteiger partial charge on any atom is 0.102 e. The van der Waals surface area contributed by atoms with Crippen molar-refractivity contribution in [2.24, 2.45) is 5.73 Å². The zero-order valence-corrected chi connectivity index (χ0v) is 7.66. The fourth-order valence-electron chi connectivity index (χ4n) is 0.966. The summed E-state index contributed by atoms with van der Waals surface area (Å²) >= 11 is 0. The van der Waals surface area contributed by atoms with Crippen LogP contribution in [0, 0.1) is 0 Å². The molecule has 0 aliphatic carbocycles. The van der Waals surface area contributed by atoms with E-state index in [0.717, 1.165) is 25.8 Å². The van der Waals surface area contributed by atoms with Gasteiger partial charge in [0.1, 0.15) is 12.5 Å². The smallest absolute Gasteiger partial charge is 0.102 e. The molecule has 0 aliphatic rings. The summed E-state index contributed by atoms with van der Waals surface area (Å²) in [6.45, 7) is 2.52. The number of hydrogen-bond acceptors (Lipinski definition) is 4. The summed E-state index contributed by atoms with van der Waals surface area (Å²) in [6, 6.07) is 0. The summed E-state index contributed by atoms with van der Waals surface area (Å²) in [4.78, 5) is 0. The van der Waals surface area contributed by atoms with Crippen molar-refractivity contribution < 1.29 is 10.2 Å². The highest BCUT2D eigenvalue weighted by Gasteiger charge is 1.96. The van der Waals surface area contributed by atoms with Gasteiger partial charge in [0.15, 0.2) is 0 Å². The SMILES string of the molecule is C[C@H](O)NCCCCCC(N)O. The lowest BCUT2D eigenvalue weighted by molar-refractivity contribution is 0.154. The quantitative estimate of drug-likeness (QED) is 0.319. The zero-order valence-electron chi connectivity index (χ0n) is 7.66. The third kappa shape index (κ3) is 9.84. The van der Waals surface area contributed by atoms with Gasteiger partial charge in [0.25, 0.3) is 0 Å². The highest BCUT2D eigenvalue weighted by atomic mass is 16.3. The highest BCUT2D eigenvalue weighted by Crippen LogP contribution is 1.99. The average Bonchev–Trinajstić information content (AvgIpc) is 1.95. The first-order chi connectivity index (χ1) is 5.63. The molecule has 0 saturated heterocycles. The van der Waals surface area contributed by atoms with Gasteiger partial charge in [0.05, 0.1) is 0 Å². The third-order valence-electron chi connectivity index (χ3n) is 1.62. The number of nitrogens with two attached hydrogens (primary N) is 1. The summed E-state index contributed by atoms with van der Waals surface area (Å²) in [7, 11) is 0. The fraction of sp³-hybridized carbons (Fsp3) is 1.00. The van der Waals surface area contributed by atoms with Gasteiger partial charge in [0.2, 0.25) is 0 Å². The molecule has 0 spiro atoms. The van der Waals surface area contributed by atoms with E-state index in [9.17, 15) is 0 Å². The van der Waals surface area contributed by atoms with Gasteiger partial charge in [-0.3, -0.25) is 5.32 Å². The van der Waals surface area contributed by atoms with E-state index >= 15 is 0 Å². The lowest BCUT2D eigenvalue weighted by atomic mass is 10.2. The van der Waals surface area contributed by atoms with Crippen LogP contribution in [-0.2, 0) is 0 Å². The molecule has 0 aromatic rings. The number of nitrogens with one attached hydrogen (secondary N) is 1. The van der Waals surface area contributed by atoms with Crippen molar-refractivity contribution in [2.75, 3.05) is 6.54 Å². The summed E-state index contributed by atoms with van der Waals surface area (Å²) < 4.78 is 0. The summed E-state index contributed by atoms with van der Waals surface area (Å²) in [5.41, 5.74) is 5.16. The molecule has 5 N–H and O–H groups in total. The Balaban J connectivity index is 2.91. The van der Waals surface area contributed by atoms with Crippen molar-refractivity contribution in [1.82, 2.24) is 5.32 Å². The molecule has 12 heavy (non-hydrogen) atoms. The van der Waals surface area contributed by atoms with E-state index in [2.05, 4.69) is 5.32 Å². The molecule has 1 unspecified atom stereocenters. The maximum atomic E-state index is 8.83. The molecule has 4 nitrogen and oxygen atoms in total. The van der Waals surface area contributed by atoms with E-state index in [1.165, 1.54) is 0 Å². The summed E-state index contributed by atoms with van der Waals surface area (Å²) in [5, 5.41) is 20.4. The topological polar surface area (TPSA) is 78.5 Å². The molecule has 0 heterocycles. The van der Waals surface area contributed by atoms with Crippen LogP contribution >= 0.6 is 0 Å². The standard InChI is InChI=1S/C8H20N2O2/c1-7(11)10-6-4-2-3-5-8(9)12/h7-8,10-12H,2-6,9H2,1H3/t7-,8?/m0/s1. The molecule has 0 amide bonds. The van der Waals surface area contributed by atoms with E-state index in [-0.39, 0.29) is 0 Å². The number of aliphatic hydroxyl groups excluding tert-OH is 2. The Labute approximate surface area is 73.8 Å². The molecular formula is C8H20N2O2. The second kappa shape index (κ2) is 7.49. The van der Waals surface area contributed by atoms with Crippen molar-refractivity contribution in [2.45, 2.75) is 45.1 Å². The predicted octanol–water partition coefficient (Wildman–Crippen LogP) is -0.248. The Morgan fingerprint density at radius 1 is 1.25 bits per heavy atom. The van der Waals surface area contributed by atoms with Crippen LogP contribution in [-0.4, -0.2) is 29.2 Å². The van der Waals surface area contributed by atoms with Crippen LogP contribution in [0.5, 0.6) is 0 Å². The lowest BCUT2D eigenvalue weighted by Gasteiger charge is -2.07. The van der Waals surface area contributed by atoms with Crippen molar-refractivity contribution in [3.8, 4) is 0 Å². The number of hydrogen-bond donors (Lipinski definition) is 4. The minimum absolute atomic E-state index is 0.426. The van der Waals surface area contributed by atoms with E-state index in [1.807, 2.05) is 0 Å². The Morgan fingerprint density at radius 2 is 1.92 bits per heavy atom. The van der Waals surface area contributed by atoms with Crippen LogP contribution in [0.3, 0.4) is 0 Å². The van der Waals surface area contributed by atoms with Crippen LogP contribution in [0.2, 0.25) is 0 Å². The van der Waals surface area contributed by atoms with E-state index in [1.54, 1.807) is 6.92 Å². The van der Waals surface area contributed by atoms with Crippen molar-refractivity contribution in [3.05, 3.63) is 0 Å². The second-order valence-corrected chi connectivity index (χ2v) is 3.05. The molecule has 0 rings (SSSR count). The first-order valence-corrected chi connectivity index (χ1v) is 4.48. The van der Waals surface area contributed by atoms with Gasteiger partial charge < -0.3 is 15.9 Å². The first kappa shape index (κ1) is 11.8. The largest absolute Gasteiger partial charge is 0.379 e. The van der Waals surface area contributed by atoms with Gasteiger partial charge in [-0.15, -0.1) is 0 Å². The monoisotopic (exact) mass is 176 g/mol. The normalized spacial score (nSPS) is 16.0. The third-order valence-corrected chi connectivity index (χ3v) is 1.62. The lowest BCUT2D eigenvalue weighted by Crippen LogP contribution is -2.26. The molecule has 0 saturated carbocycles. The van der Waals surface area contributed by atoms with Gasteiger partial charge in [-0.1, -0.05) is 6.42 Å². The van der Waals surface area contributed by atoms with Crippen molar-refractivity contribution in [3.63, 3.8) is 0 Å². The number of aliphatic hydroxyl groups is 2. The second-order valence-electron chi connectivity index (χ2n) is 3.05. The van der Waals surface area contributed by atoms with Gasteiger partial charge in [0, 0.05) is 0 Å². The Morgan fingerprint density at radius 3 is 2.42 bits per heavy atom. The molecule has 0 radical (unpaired) electrons. The Hall–Kier alpha value is -0.160. The molecule has 0 aromatic carbocycles. The van der Waals surface area contributed by atoms with Crippen molar-refractivity contribution >= 4 is 0 Å². The Bertz CT molecular complexity index is 85.1. The average molecular weight is 176 g/mol. The van der Waals surface area contributed by atoms with Crippen LogP contribution in [0.15, 0.2) is 0 Å². The van der Waals surface area contributed by atoms with Gasteiger partial charge in [-0.25, -0.2) is 0 Å². The maximum absolute atomic E-state index is 8.83. The van der Waals surface area contributed by atoms with E-state index in [4.69, 9.17) is 15.9 Å². The minimum Gasteiger partial charge on any atom is -0.379 e. The van der Waals surface area contributed by atoms with Gasteiger partial charge in [-0.2, -0.15) is 0 Å². The minimum atomic E-state index is -0.672. The van der Waals surface area contributed by atoms with Crippen LogP contribution in [0.4, 0.5) is 0 Å². The van der Waals surface area contributed by atoms with Crippen molar-refractivity contribution in [1.29, 1.82) is 0 Å². The Kier molecular flexibility index (Phi) is 7.39. The molecule has 4 heteroatoms. The molecule has 0 aliphatic heterocycles. The number of rotatable bonds is 7. The predicted molar refractivity (Wildman–Crippen MR) is 48.3 cm³/mol. The van der Waals surface area contributed by atoms with Gasteiger partial charge >= 0.3 is 0 Å². The van der Waals surface area contributed by atoms with Crippen LogP contribution < -0.4 is 11.1 Å². The van der Waals surface area contributed by atoms with Crippen LogP contribution in [0.1, 0.15) is 32.6 Å². The molecular weight excluding hydrogens is 156 g/mol. The zero-order chi connectivity index (χ0) is 9.40. The van der Waals surface area contributed by atoms with Gasteiger partial charge in [-0.05, 0) is 32.7 Å². The highest BCUT2D eigenvalue weighted by molar-refractivity contribution is 4.50. The molecule has 74 valence electrons. The molecule has 2 atom stereocenters. The van der Waals surface area contributed by atoms with E-state index in [0.29, 0.717) is 6.42 Å². The fourth-order valence-corrected chi connectivity index (χ4v) is 0.966. The van der Waals surface area contributed by atoms with Crippen LogP contribution in [0.25, 0.3) is 0 Å². The number of unbranched alkanes of at least 4 members (excludes halogenated alkanes) is 2. The molecule has 0 bridgehead atoms.